The number of allylic oxidation sites excluding steroid dienone is 2. The molecular formula is C19H14Cl2N2. The molecule has 114 valence electrons. The van der Waals surface area contributed by atoms with Gasteiger partial charge in [-0.15, -0.1) is 0 Å². The third-order valence-electron chi connectivity index (χ3n) is 4.15. The Labute approximate surface area is 145 Å². The highest BCUT2D eigenvalue weighted by Gasteiger charge is 2.36. The number of hydrazone groups is 1. The molecule has 2 aromatic carbocycles. The largest absolute Gasteiger partial charge is 0.257 e. The molecule has 2 aliphatic rings. The fourth-order valence-electron chi connectivity index (χ4n) is 3.03. The molecular weight excluding hydrogens is 327 g/mol. The second-order valence-electron chi connectivity index (χ2n) is 5.60. The third-order valence-corrected chi connectivity index (χ3v) is 4.65. The van der Waals surface area contributed by atoms with Crippen molar-refractivity contribution in [1.29, 1.82) is 0 Å². The quantitative estimate of drug-likeness (QED) is 0.721. The monoisotopic (exact) mass is 340 g/mol. The van der Waals surface area contributed by atoms with Crippen LogP contribution in [0.4, 0.5) is 5.69 Å². The number of hydrogen-bond acceptors (Lipinski definition) is 2. The van der Waals surface area contributed by atoms with Crippen molar-refractivity contribution >= 4 is 34.6 Å². The van der Waals surface area contributed by atoms with E-state index in [0.29, 0.717) is 0 Å². The van der Waals surface area contributed by atoms with Crippen LogP contribution in [0, 0.1) is 5.92 Å². The van der Waals surface area contributed by atoms with Crippen molar-refractivity contribution in [2.45, 2.75) is 6.04 Å². The summed E-state index contributed by atoms with van der Waals surface area (Å²) in [6.07, 6.45) is 8.54. The third kappa shape index (κ3) is 2.69. The molecule has 4 rings (SSSR count). The SMILES string of the molecule is Clc1ccc(C2=NN(c3ccc(Cl)cc3)[C@@H]3C=CC=C[C@H]23)cc1. The van der Waals surface area contributed by atoms with E-state index >= 15 is 0 Å². The standard InChI is InChI=1S/C19H14Cl2N2/c20-14-7-5-13(6-8-14)19-17-3-1-2-4-18(17)23(22-19)16-11-9-15(21)10-12-16/h1-12,17-18H/t17-,18+/m0/s1. The lowest BCUT2D eigenvalue weighted by Gasteiger charge is -2.25. The van der Waals surface area contributed by atoms with Gasteiger partial charge in [-0.05, 0) is 42.0 Å². The molecule has 1 aliphatic heterocycles. The number of halogens is 2. The van der Waals surface area contributed by atoms with Gasteiger partial charge in [0.05, 0.1) is 17.4 Å². The van der Waals surface area contributed by atoms with E-state index in [4.69, 9.17) is 28.3 Å². The first-order valence-corrected chi connectivity index (χ1v) is 8.22. The van der Waals surface area contributed by atoms with Crippen LogP contribution in [0.25, 0.3) is 0 Å². The Bertz CT molecular complexity index is 804. The molecule has 0 fully saturated rings. The summed E-state index contributed by atoms with van der Waals surface area (Å²) in [5.41, 5.74) is 3.19. The Hall–Kier alpha value is -2.03. The highest BCUT2D eigenvalue weighted by Crippen LogP contribution is 2.34. The van der Waals surface area contributed by atoms with Gasteiger partial charge in [0.2, 0.25) is 0 Å². The predicted octanol–water partition coefficient (Wildman–Crippen LogP) is 5.33. The van der Waals surface area contributed by atoms with Crippen LogP contribution in [0.2, 0.25) is 10.0 Å². The minimum absolute atomic E-state index is 0.187. The normalized spacial score (nSPS) is 22.2. The lowest BCUT2D eigenvalue weighted by Crippen LogP contribution is -2.31. The zero-order valence-electron chi connectivity index (χ0n) is 12.2. The van der Waals surface area contributed by atoms with Gasteiger partial charge >= 0.3 is 0 Å². The number of hydrogen-bond donors (Lipinski definition) is 0. The fraction of sp³-hybridized carbons (Fsp3) is 0.105. The van der Waals surface area contributed by atoms with Crippen LogP contribution in [0.15, 0.2) is 77.9 Å². The molecule has 2 atom stereocenters. The minimum atomic E-state index is 0.187. The summed E-state index contributed by atoms with van der Waals surface area (Å²) >= 11 is 12.0. The Balaban J connectivity index is 1.77. The highest BCUT2D eigenvalue weighted by molar-refractivity contribution is 6.31. The van der Waals surface area contributed by atoms with Crippen LogP contribution < -0.4 is 5.01 Å². The van der Waals surface area contributed by atoms with Crippen LogP contribution in [0.5, 0.6) is 0 Å². The molecule has 1 aliphatic carbocycles. The maximum atomic E-state index is 6.01. The van der Waals surface area contributed by atoms with E-state index in [2.05, 4.69) is 29.3 Å². The molecule has 0 saturated carbocycles. The summed E-state index contributed by atoms with van der Waals surface area (Å²) in [4.78, 5) is 0. The first kappa shape index (κ1) is 14.6. The molecule has 0 aromatic heterocycles. The maximum absolute atomic E-state index is 6.01. The number of anilines is 1. The Morgan fingerprint density at radius 2 is 1.39 bits per heavy atom. The van der Waals surface area contributed by atoms with Crippen molar-refractivity contribution < 1.29 is 0 Å². The van der Waals surface area contributed by atoms with Gasteiger partial charge < -0.3 is 0 Å². The van der Waals surface area contributed by atoms with Gasteiger partial charge in [-0.2, -0.15) is 5.10 Å². The summed E-state index contributed by atoms with van der Waals surface area (Å²) in [6.45, 7) is 0. The van der Waals surface area contributed by atoms with Crippen LogP contribution in [0.3, 0.4) is 0 Å². The fourth-order valence-corrected chi connectivity index (χ4v) is 3.28. The lowest BCUT2D eigenvalue weighted by molar-refractivity contribution is 0.696. The topological polar surface area (TPSA) is 15.6 Å². The zero-order valence-corrected chi connectivity index (χ0v) is 13.7. The molecule has 2 aromatic rings. The summed E-state index contributed by atoms with van der Waals surface area (Å²) in [7, 11) is 0. The summed E-state index contributed by atoms with van der Waals surface area (Å²) in [6, 6.07) is 15.8. The molecule has 0 radical (unpaired) electrons. The molecule has 0 spiro atoms. The van der Waals surface area contributed by atoms with Gasteiger partial charge in [0.15, 0.2) is 0 Å². The Kier molecular flexibility index (Phi) is 3.72. The average molecular weight is 341 g/mol. The molecule has 0 saturated heterocycles. The second-order valence-corrected chi connectivity index (χ2v) is 6.47. The molecule has 0 unspecified atom stereocenters. The van der Waals surface area contributed by atoms with E-state index in [1.165, 1.54) is 0 Å². The summed E-state index contributed by atoms with van der Waals surface area (Å²) < 4.78 is 0. The van der Waals surface area contributed by atoms with E-state index < -0.39 is 0 Å². The smallest absolute Gasteiger partial charge is 0.0828 e. The Morgan fingerprint density at radius 3 is 2.09 bits per heavy atom. The molecule has 0 bridgehead atoms. The van der Waals surface area contributed by atoms with E-state index in [9.17, 15) is 0 Å². The molecule has 4 heteroatoms. The number of benzene rings is 2. The lowest BCUT2D eigenvalue weighted by atomic mass is 9.88. The predicted molar refractivity (Wildman–Crippen MR) is 97.5 cm³/mol. The van der Waals surface area contributed by atoms with Gasteiger partial charge in [-0.25, -0.2) is 0 Å². The van der Waals surface area contributed by atoms with E-state index in [-0.39, 0.29) is 12.0 Å². The summed E-state index contributed by atoms with van der Waals surface area (Å²) in [5.74, 6) is 0.233. The Morgan fingerprint density at radius 1 is 0.783 bits per heavy atom. The van der Waals surface area contributed by atoms with Gasteiger partial charge in [0.25, 0.3) is 0 Å². The van der Waals surface area contributed by atoms with Crippen molar-refractivity contribution in [1.82, 2.24) is 0 Å². The molecule has 1 heterocycles. The number of rotatable bonds is 2. The van der Waals surface area contributed by atoms with E-state index in [1.807, 2.05) is 48.5 Å². The van der Waals surface area contributed by atoms with Crippen molar-refractivity contribution in [3.05, 3.63) is 88.4 Å². The van der Waals surface area contributed by atoms with E-state index in [0.717, 1.165) is 27.0 Å². The highest BCUT2D eigenvalue weighted by atomic mass is 35.5. The second kappa shape index (κ2) is 5.88. The van der Waals surface area contributed by atoms with Crippen molar-refractivity contribution in [3.8, 4) is 0 Å². The van der Waals surface area contributed by atoms with Crippen molar-refractivity contribution in [3.63, 3.8) is 0 Å². The van der Waals surface area contributed by atoms with E-state index in [1.54, 1.807) is 0 Å². The molecule has 2 nitrogen and oxygen atoms in total. The van der Waals surface area contributed by atoms with Crippen molar-refractivity contribution in [2.75, 3.05) is 5.01 Å². The maximum Gasteiger partial charge on any atom is 0.0828 e. The van der Waals surface area contributed by atoms with Crippen LogP contribution in [0.1, 0.15) is 5.56 Å². The molecule has 0 N–H and O–H groups in total. The average Bonchev–Trinajstić information content (AvgIpc) is 2.96. The minimum Gasteiger partial charge on any atom is -0.257 e. The summed E-state index contributed by atoms with van der Waals surface area (Å²) in [5, 5.41) is 8.42. The van der Waals surface area contributed by atoms with Crippen LogP contribution >= 0.6 is 23.2 Å². The number of nitrogens with zero attached hydrogens (tertiary/aromatic N) is 2. The van der Waals surface area contributed by atoms with Crippen LogP contribution in [-0.2, 0) is 0 Å². The first-order chi connectivity index (χ1) is 11.2. The van der Waals surface area contributed by atoms with Gasteiger partial charge in [0, 0.05) is 16.0 Å². The zero-order chi connectivity index (χ0) is 15.8. The molecule has 23 heavy (non-hydrogen) atoms. The van der Waals surface area contributed by atoms with Gasteiger partial charge in [-0.1, -0.05) is 59.6 Å². The number of fused-ring (bicyclic) bond motifs is 1. The van der Waals surface area contributed by atoms with Crippen molar-refractivity contribution in [2.24, 2.45) is 11.0 Å². The first-order valence-electron chi connectivity index (χ1n) is 7.46. The van der Waals surface area contributed by atoms with Gasteiger partial charge in [0.1, 0.15) is 0 Å². The molecule has 0 amide bonds. The van der Waals surface area contributed by atoms with Gasteiger partial charge in [-0.3, -0.25) is 5.01 Å². The van der Waals surface area contributed by atoms with Crippen LogP contribution in [-0.4, -0.2) is 11.8 Å².